The van der Waals surface area contributed by atoms with Crippen LogP contribution in [0.4, 0.5) is 0 Å². The van der Waals surface area contributed by atoms with Gasteiger partial charge in [0.25, 0.3) is 5.91 Å². The molecule has 1 heterocycles. The largest absolute Gasteiger partial charge is 0.481 e. The summed E-state index contributed by atoms with van der Waals surface area (Å²) >= 11 is 6.01. The van der Waals surface area contributed by atoms with E-state index in [2.05, 4.69) is 20.5 Å². The number of benzene rings is 2. The molecule has 1 amide bonds. The van der Waals surface area contributed by atoms with Crippen LogP contribution < -0.4 is 19.6 Å². The van der Waals surface area contributed by atoms with E-state index in [1.807, 2.05) is 0 Å². The molecule has 0 saturated carbocycles. The number of hydrazone groups is 1. The van der Waals surface area contributed by atoms with Crippen molar-refractivity contribution in [1.29, 1.82) is 0 Å². The number of rotatable bonds is 7. The second-order valence-electron chi connectivity index (χ2n) is 5.55. The van der Waals surface area contributed by atoms with Crippen LogP contribution in [-0.4, -0.2) is 36.3 Å². The minimum absolute atomic E-state index is 0.0437. The van der Waals surface area contributed by atoms with Crippen molar-refractivity contribution in [3.05, 3.63) is 70.7 Å². The number of para-hydroxylation sites is 1. The molecule has 3 aromatic rings. The Labute approximate surface area is 172 Å². The molecule has 0 saturated heterocycles. The van der Waals surface area contributed by atoms with Crippen LogP contribution in [0.2, 0.25) is 5.02 Å². The molecule has 2 aromatic carbocycles. The molecule has 0 unspecified atom stereocenters. The molecule has 29 heavy (non-hydrogen) atoms. The lowest BCUT2D eigenvalue weighted by Gasteiger charge is -2.09. The molecule has 3 rings (SSSR count). The number of nitrogens with zero attached hydrogens (tertiary/aromatic N) is 3. The van der Waals surface area contributed by atoms with Crippen molar-refractivity contribution in [3.63, 3.8) is 0 Å². The van der Waals surface area contributed by atoms with Crippen molar-refractivity contribution in [2.45, 2.75) is 0 Å². The molecule has 0 spiro atoms. The maximum atomic E-state index is 12.2. The molecule has 9 heteroatoms. The molecule has 0 bridgehead atoms. The lowest BCUT2D eigenvalue weighted by atomic mass is 10.2. The standard InChI is InChI=1S/C20H17ClN4O4/c1-27-17-11-18(28-2)24-20(23-17)29-16-10-6-3-7-13(16)12-22-25-19(26)14-8-4-5-9-15(14)21/h3-12H,1-2H3,(H,25,26). The number of amides is 1. The highest BCUT2D eigenvalue weighted by Gasteiger charge is 2.11. The Hall–Kier alpha value is -3.65. The topological polar surface area (TPSA) is 94.9 Å². The van der Waals surface area contributed by atoms with Crippen LogP contribution in [0.1, 0.15) is 15.9 Å². The van der Waals surface area contributed by atoms with Gasteiger partial charge in [-0.25, -0.2) is 5.43 Å². The van der Waals surface area contributed by atoms with Gasteiger partial charge >= 0.3 is 6.01 Å². The van der Waals surface area contributed by atoms with Gasteiger partial charge in [0.2, 0.25) is 11.8 Å². The summed E-state index contributed by atoms with van der Waals surface area (Å²) in [4.78, 5) is 20.4. The molecule has 0 fully saturated rings. The maximum Gasteiger partial charge on any atom is 0.328 e. The Morgan fingerprint density at radius 3 is 2.38 bits per heavy atom. The normalized spacial score (nSPS) is 10.6. The van der Waals surface area contributed by atoms with Gasteiger partial charge in [-0.3, -0.25) is 4.79 Å². The van der Waals surface area contributed by atoms with Crippen molar-refractivity contribution in [1.82, 2.24) is 15.4 Å². The minimum atomic E-state index is -0.425. The lowest BCUT2D eigenvalue weighted by Crippen LogP contribution is -2.18. The zero-order valence-corrected chi connectivity index (χ0v) is 16.4. The number of hydrogen-bond donors (Lipinski definition) is 1. The zero-order valence-electron chi connectivity index (χ0n) is 15.6. The fourth-order valence-electron chi connectivity index (χ4n) is 2.28. The SMILES string of the molecule is COc1cc(OC)nc(Oc2ccccc2C=NNC(=O)c2ccccc2Cl)n1. The second-order valence-corrected chi connectivity index (χ2v) is 5.96. The van der Waals surface area contributed by atoms with E-state index in [9.17, 15) is 4.79 Å². The molecule has 8 nitrogen and oxygen atoms in total. The van der Waals surface area contributed by atoms with Gasteiger partial charge in [0.15, 0.2) is 0 Å². The van der Waals surface area contributed by atoms with Crippen LogP contribution in [0.5, 0.6) is 23.5 Å². The summed E-state index contributed by atoms with van der Waals surface area (Å²) in [6.45, 7) is 0. The Bertz CT molecular complexity index is 1020. The molecular weight excluding hydrogens is 396 g/mol. The predicted octanol–water partition coefficient (Wildman–Crippen LogP) is 3.70. The molecule has 0 aliphatic rings. The van der Waals surface area contributed by atoms with Crippen LogP contribution in [0.15, 0.2) is 59.7 Å². The second kappa shape index (κ2) is 9.52. The maximum absolute atomic E-state index is 12.2. The molecule has 0 radical (unpaired) electrons. The van der Waals surface area contributed by atoms with Gasteiger partial charge in [-0.1, -0.05) is 35.9 Å². The van der Waals surface area contributed by atoms with Crippen LogP contribution in [0.3, 0.4) is 0 Å². The minimum Gasteiger partial charge on any atom is -0.481 e. The number of aromatic nitrogens is 2. The highest BCUT2D eigenvalue weighted by atomic mass is 35.5. The molecule has 0 aliphatic carbocycles. The number of methoxy groups -OCH3 is 2. The van der Waals surface area contributed by atoms with Gasteiger partial charge in [0.05, 0.1) is 37.1 Å². The number of carbonyl (C=O) groups excluding carboxylic acids is 1. The Balaban J connectivity index is 1.76. The number of ether oxygens (including phenoxy) is 3. The Morgan fingerprint density at radius 1 is 1.03 bits per heavy atom. The van der Waals surface area contributed by atoms with Crippen molar-refractivity contribution in [2.24, 2.45) is 5.10 Å². The van der Waals surface area contributed by atoms with Gasteiger partial charge in [0.1, 0.15) is 5.75 Å². The third-order valence-corrected chi connectivity index (χ3v) is 4.01. The summed E-state index contributed by atoms with van der Waals surface area (Å²) in [7, 11) is 2.96. The van der Waals surface area contributed by atoms with Crippen molar-refractivity contribution in [2.75, 3.05) is 14.2 Å². The summed E-state index contributed by atoms with van der Waals surface area (Å²) in [5.41, 5.74) is 3.36. The molecule has 0 atom stereocenters. The first-order chi connectivity index (χ1) is 14.1. The van der Waals surface area contributed by atoms with E-state index in [-0.39, 0.29) is 6.01 Å². The summed E-state index contributed by atoms with van der Waals surface area (Å²) in [5, 5.41) is 4.32. The first kappa shape index (κ1) is 20.1. The van der Waals surface area contributed by atoms with Gasteiger partial charge in [0, 0.05) is 5.56 Å². The lowest BCUT2D eigenvalue weighted by molar-refractivity contribution is 0.0955. The third kappa shape index (κ3) is 5.20. The average Bonchev–Trinajstić information content (AvgIpc) is 2.74. The summed E-state index contributed by atoms with van der Waals surface area (Å²) in [5.74, 6) is 0.597. The number of carbonyl (C=O) groups is 1. The summed E-state index contributed by atoms with van der Waals surface area (Å²) in [6, 6.07) is 15.3. The molecule has 1 aromatic heterocycles. The first-order valence-electron chi connectivity index (χ1n) is 8.42. The Morgan fingerprint density at radius 2 is 1.69 bits per heavy atom. The molecular formula is C20H17ClN4O4. The summed E-state index contributed by atoms with van der Waals surface area (Å²) < 4.78 is 16.0. The van der Waals surface area contributed by atoms with E-state index in [1.165, 1.54) is 26.5 Å². The number of halogens is 1. The van der Waals surface area contributed by atoms with Gasteiger partial charge in [-0.05, 0) is 24.3 Å². The van der Waals surface area contributed by atoms with Crippen molar-refractivity contribution in [3.8, 4) is 23.5 Å². The van der Waals surface area contributed by atoms with E-state index in [4.69, 9.17) is 25.8 Å². The Kier molecular flexibility index (Phi) is 6.59. The van der Waals surface area contributed by atoms with E-state index in [1.54, 1.807) is 48.5 Å². The van der Waals surface area contributed by atoms with E-state index in [0.717, 1.165) is 0 Å². The summed E-state index contributed by atoms with van der Waals surface area (Å²) in [6.07, 6.45) is 1.45. The highest BCUT2D eigenvalue weighted by molar-refractivity contribution is 6.33. The van der Waals surface area contributed by atoms with Gasteiger partial charge in [-0.15, -0.1) is 0 Å². The fraction of sp³-hybridized carbons (Fsp3) is 0.100. The van der Waals surface area contributed by atoms with Crippen LogP contribution in [0.25, 0.3) is 0 Å². The molecule has 1 N–H and O–H groups in total. The molecule has 148 valence electrons. The van der Waals surface area contributed by atoms with Crippen molar-refractivity contribution < 1.29 is 19.0 Å². The van der Waals surface area contributed by atoms with Crippen LogP contribution in [-0.2, 0) is 0 Å². The first-order valence-corrected chi connectivity index (χ1v) is 8.80. The predicted molar refractivity (Wildman–Crippen MR) is 108 cm³/mol. The fourth-order valence-corrected chi connectivity index (χ4v) is 2.50. The smallest absolute Gasteiger partial charge is 0.328 e. The highest BCUT2D eigenvalue weighted by Crippen LogP contribution is 2.25. The van der Waals surface area contributed by atoms with E-state index in [0.29, 0.717) is 33.7 Å². The zero-order chi connectivity index (χ0) is 20.6. The van der Waals surface area contributed by atoms with Gasteiger partial charge < -0.3 is 14.2 Å². The average molecular weight is 413 g/mol. The monoisotopic (exact) mass is 412 g/mol. The van der Waals surface area contributed by atoms with Gasteiger partial charge in [-0.2, -0.15) is 15.1 Å². The van der Waals surface area contributed by atoms with Crippen LogP contribution in [0, 0.1) is 0 Å². The number of hydrogen-bond acceptors (Lipinski definition) is 7. The number of nitrogens with one attached hydrogen (secondary N) is 1. The quantitative estimate of drug-likeness (QED) is 0.469. The third-order valence-electron chi connectivity index (χ3n) is 3.69. The molecule has 0 aliphatic heterocycles. The van der Waals surface area contributed by atoms with Crippen molar-refractivity contribution >= 4 is 23.7 Å². The van der Waals surface area contributed by atoms with Crippen LogP contribution >= 0.6 is 11.6 Å². The van der Waals surface area contributed by atoms with E-state index < -0.39 is 5.91 Å². The van der Waals surface area contributed by atoms with E-state index >= 15 is 0 Å².